The van der Waals surface area contributed by atoms with E-state index in [-0.39, 0.29) is 35.1 Å². The van der Waals surface area contributed by atoms with Crippen molar-refractivity contribution in [3.63, 3.8) is 0 Å². The van der Waals surface area contributed by atoms with E-state index in [2.05, 4.69) is 66.8 Å². The molecule has 0 aromatic carbocycles. The zero-order valence-corrected chi connectivity index (χ0v) is 68.6. The minimum absolute atomic E-state index is 0.0402. The van der Waals surface area contributed by atoms with E-state index in [1.165, 1.54) is 46.6 Å². The van der Waals surface area contributed by atoms with Crippen LogP contribution in [0.2, 0.25) is 0 Å². The van der Waals surface area contributed by atoms with Crippen LogP contribution in [0.15, 0.2) is 11.6 Å². The Hall–Kier alpha value is -2.52. The number of hydrogen-bond acceptors (Lipinski definition) is 33. The molecule has 0 bridgehead atoms. The summed E-state index contributed by atoms with van der Waals surface area (Å²) in [6.07, 6.45) is -32.3. The number of amides is 1. The first-order valence-electron chi connectivity index (χ1n) is 42.2. The molecule has 1 amide bonds. The van der Waals surface area contributed by atoms with Crippen molar-refractivity contribution in [2.24, 2.45) is 50.2 Å². The molecule has 11 rings (SSSR count). The Labute approximate surface area is 673 Å². The van der Waals surface area contributed by atoms with Crippen LogP contribution in [0.5, 0.6) is 0 Å². The van der Waals surface area contributed by atoms with Gasteiger partial charge in [-0.15, -0.1) is 0 Å². The molecule has 6 aliphatic heterocycles. The van der Waals surface area contributed by atoms with Crippen LogP contribution < -0.4 is 5.32 Å². The van der Waals surface area contributed by atoms with E-state index in [4.69, 9.17) is 66.3 Å². The van der Waals surface area contributed by atoms with Gasteiger partial charge in [-0.3, -0.25) is 9.59 Å². The molecule has 0 radical (unpaired) electrons. The number of allylic oxidation sites excluding steroid dienone is 2. The van der Waals surface area contributed by atoms with Gasteiger partial charge < -0.3 is 158 Å². The maximum Gasteiger partial charge on any atom is 0.315 e. The number of rotatable bonds is 32. The Morgan fingerprint density at radius 1 is 0.574 bits per heavy atom. The summed E-state index contributed by atoms with van der Waals surface area (Å²) in [6, 6.07) is 0. The Morgan fingerprint density at radius 3 is 1.84 bits per heavy atom. The molecule has 18 N–H and O–H groups in total. The summed E-state index contributed by atoms with van der Waals surface area (Å²) in [5.74, 6) is -1.76. The molecule has 0 spiro atoms. The van der Waals surface area contributed by atoms with Crippen LogP contribution in [0.1, 0.15) is 198 Å². The molecule has 34 nitrogen and oxygen atoms in total. The van der Waals surface area contributed by atoms with Gasteiger partial charge in [0.1, 0.15) is 115 Å². The maximum atomic E-state index is 15.8. The van der Waals surface area contributed by atoms with Crippen molar-refractivity contribution in [1.29, 1.82) is 0 Å². The number of fused-ring (bicyclic) bond motifs is 7. The predicted octanol–water partition coefficient (Wildman–Crippen LogP) is -0.296. The van der Waals surface area contributed by atoms with Crippen LogP contribution >= 0.6 is 0 Å². The molecule has 4 saturated carbocycles. The summed E-state index contributed by atoms with van der Waals surface area (Å²) in [4.78, 5) is 30.1. The van der Waals surface area contributed by atoms with E-state index in [1.54, 1.807) is 0 Å². The molecule has 0 aromatic heterocycles. The highest BCUT2D eigenvalue weighted by molar-refractivity contribution is 5.81. The van der Waals surface area contributed by atoms with E-state index >= 15 is 4.79 Å². The Balaban J connectivity index is 0.813. The lowest BCUT2D eigenvalue weighted by molar-refractivity contribution is -0.384. The standard InChI is InChI=1S/C81H137NO33/c1-12-13-14-15-16-17-18-19-20-21-32-82-66(99)62(102-11)58(96)64(112-67-55(93)50(88)43(85)35-103-67)72(114-70-56(94)52(90)51(89)45(34-83)108-70)109-48-25-26-77(8)46(76(48,6)7)24-27-79(10)47(77)23-22-41-42-33-75(4,5)28-30-80(42,31-29-78(41,79)9)74(100)115-71-63(53(91)49(87)39(2)106-71)113-69-57(95)54(92)60(40(3)107-69)110-68-59(97)61(44(86)36-104-68)111-73-65(98)81(101,37-84)38-105-73/h22,39-40,42-65,67-73,83-98,101H,12-21,23-38H2,1-11H3,(H,82,99)/t39?,40?,42?,43?,44?,45?,46?,47?,48-,49?,50?,51?,52?,53?,54?,55?,56?,57?,58?,59?,60?,61?,62?,63?,64?,65?,67?,68?,69?,70?,71?,72?,73?,77-,78+,79+,80-,81?/m0/s1. The first-order chi connectivity index (χ1) is 54.2. The number of aliphatic hydroxyl groups is 17. The van der Waals surface area contributed by atoms with Gasteiger partial charge in [0.2, 0.25) is 6.29 Å². The van der Waals surface area contributed by atoms with Gasteiger partial charge in [0.05, 0.1) is 56.8 Å². The fourth-order valence-electron chi connectivity index (χ4n) is 21.6. The van der Waals surface area contributed by atoms with Gasteiger partial charge >= 0.3 is 5.97 Å². The van der Waals surface area contributed by atoms with Crippen molar-refractivity contribution in [3.05, 3.63) is 11.6 Å². The Bertz CT molecular complexity index is 3180. The minimum Gasteiger partial charge on any atom is -0.432 e. The van der Waals surface area contributed by atoms with Gasteiger partial charge in [0, 0.05) is 13.7 Å². The summed E-state index contributed by atoms with van der Waals surface area (Å²) in [7, 11) is 1.20. The van der Waals surface area contributed by atoms with Crippen LogP contribution in [-0.2, 0) is 75.9 Å². The van der Waals surface area contributed by atoms with Gasteiger partial charge in [-0.1, -0.05) is 125 Å². The lowest BCUT2D eigenvalue weighted by Crippen LogP contribution is -2.66. The van der Waals surface area contributed by atoms with E-state index < -0.39 is 257 Å². The molecule has 34 heteroatoms. The van der Waals surface area contributed by atoms with Gasteiger partial charge in [-0.05, 0) is 129 Å². The zero-order chi connectivity index (χ0) is 84.0. The molecule has 10 fully saturated rings. The van der Waals surface area contributed by atoms with E-state index in [9.17, 15) is 91.6 Å². The third kappa shape index (κ3) is 18.5. The molecular formula is C81H137NO33. The molecular weight excluding hydrogens is 1510 g/mol. The highest BCUT2D eigenvalue weighted by Crippen LogP contribution is 2.76. The largest absolute Gasteiger partial charge is 0.432 e. The van der Waals surface area contributed by atoms with Crippen LogP contribution in [-0.4, -0.2) is 335 Å². The van der Waals surface area contributed by atoms with Crippen LogP contribution in [0.4, 0.5) is 0 Å². The zero-order valence-electron chi connectivity index (χ0n) is 68.6. The average Bonchev–Trinajstić information content (AvgIpc) is 0.824. The molecule has 6 saturated heterocycles. The second-order valence-corrected chi connectivity index (χ2v) is 37.3. The summed E-state index contributed by atoms with van der Waals surface area (Å²) in [5, 5.41) is 192. The summed E-state index contributed by atoms with van der Waals surface area (Å²) in [6.45, 7) is 17.7. The number of nitrogens with one attached hydrogen (secondary N) is 1. The molecule has 0 aromatic rings. The Morgan fingerprint density at radius 2 is 1.18 bits per heavy atom. The Kier molecular flexibility index (Phi) is 30.7. The molecule has 38 atom stereocenters. The number of ether oxygens (including phenoxy) is 14. The quantitative estimate of drug-likeness (QED) is 0.0178. The number of aliphatic hydroxyl groups excluding tert-OH is 16. The van der Waals surface area contributed by atoms with Gasteiger partial charge in [0.15, 0.2) is 49.9 Å². The topological polar surface area (TPSA) is 519 Å². The number of carbonyl (C=O) groups is 2. The molecule has 6 heterocycles. The van der Waals surface area contributed by atoms with E-state index in [1.807, 2.05) is 0 Å². The number of unbranched alkanes of at least 4 members (excludes halogenated alkanes) is 9. The van der Waals surface area contributed by atoms with Crippen molar-refractivity contribution >= 4 is 11.9 Å². The number of hydrogen-bond donors (Lipinski definition) is 18. The summed E-state index contributed by atoms with van der Waals surface area (Å²) in [5.41, 5.74) is -4.37. The van der Waals surface area contributed by atoms with Crippen molar-refractivity contribution in [1.82, 2.24) is 5.32 Å². The van der Waals surface area contributed by atoms with Crippen LogP contribution in [0, 0.1) is 50.2 Å². The van der Waals surface area contributed by atoms with E-state index in [0.717, 1.165) is 44.1 Å². The summed E-state index contributed by atoms with van der Waals surface area (Å²) >= 11 is 0. The highest BCUT2D eigenvalue weighted by Gasteiger charge is 2.71. The van der Waals surface area contributed by atoms with Crippen molar-refractivity contribution in [2.75, 3.05) is 46.7 Å². The van der Waals surface area contributed by atoms with E-state index in [0.29, 0.717) is 64.2 Å². The second-order valence-electron chi connectivity index (χ2n) is 37.3. The number of esters is 1. The third-order valence-corrected chi connectivity index (χ3v) is 29.1. The fourth-order valence-corrected chi connectivity index (χ4v) is 21.6. The smallest absolute Gasteiger partial charge is 0.315 e. The number of methoxy groups -OCH3 is 1. The second kappa shape index (κ2) is 37.9. The maximum absolute atomic E-state index is 15.8. The molecule has 11 aliphatic rings. The van der Waals surface area contributed by atoms with Gasteiger partial charge in [0.25, 0.3) is 5.91 Å². The van der Waals surface area contributed by atoms with Crippen molar-refractivity contribution in [3.8, 4) is 0 Å². The number of carbonyl (C=O) groups excluding carboxylic acids is 2. The first-order valence-corrected chi connectivity index (χ1v) is 42.2. The molecule has 5 aliphatic carbocycles. The SMILES string of the molecule is CCCCCCCCCCCCNC(=O)C(OC)C(O)C(OC1OCC(O)C(O)C1O)C(OC1OC(CO)C(O)C(O)C1O)O[C@H]1CC[C@@]2(C)C(CC[C@]3(C)C2CC=C2C4CC(C)(C)CC[C@]4(C(=O)OC4OC(C)C(O)C(O)C4OC4OC(C)C(OC5OCC(O)C(OC6OCC(O)(CO)C6O)C5O)C(O)C4O)CC[C@]23C)C1(C)C. The predicted molar refractivity (Wildman–Crippen MR) is 400 cm³/mol. The first kappa shape index (κ1) is 93.2. The van der Waals surface area contributed by atoms with Crippen molar-refractivity contribution in [2.45, 2.75) is 388 Å². The third-order valence-electron chi connectivity index (χ3n) is 29.1. The molecule has 115 heavy (non-hydrogen) atoms. The summed E-state index contributed by atoms with van der Waals surface area (Å²) < 4.78 is 85.3. The monoisotopic (exact) mass is 1650 g/mol. The average molecular weight is 1650 g/mol. The normalized spacial score (nSPS) is 46.9. The molecule has 33 unspecified atom stereocenters. The highest BCUT2D eigenvalue weighted by atomic mass is 16.8. The van der Waals surface area contributed by atoms with Crippen LogP contribution in [0.25, 0.3) is 0 Å². The van der Waals surface area contributed by atoms with Crippen LogP contribution in [0.3, 0.4) is 0 Å². The molecule has 664 valence electrons. The lowest BCUT2D eigenvalue weighted by atomic mass is 9.33. The van der Waals surface area contributed by atoms with Crippen molar-refractivity contribution < 1.29 is 163 Å². The lowest BCUT2D eigenvalue weighted by Gasteiger charge is -2.71. The fraction of sp³-hybridized carbons (Fsp3) is 0.951. The van der Waals surface area contributed by atoms with Gasteiger partial charge in [-0.25, -0.2) is 0 Å². The minimum atomic E-state index is -2.08. The van der Waals surface area contributed by atoms with Gasteiger partial charge in [-0.2, -0.15) is 0 Å².